The monoisotopic (exact) mass is 310 g/mol. The Hall–Kier alpha value is -1.50. The lowest BCUT2D eigenvalue weighted by Crippen LogP contribution is -2.53. The molecule has 0 aromatic carbocycles. The molecule has 1 aromatic rings. The molecule has 5 nitrogen and oxygen atoms in total. The number of fused-ring (bicyclic) bond motifs is 3. The minimum Gasteiger partial charge on any atom is -0.340 e. The molecule has 1 fully saturated rings. The van der Waals surface area contributed by atoms with Gasteiger partial charge in [-0.05, 0) is 6.92 Å². The van der Waals surface area contributed by atoms with Crippen molar-refractivity contribution >= 4 is 5.91 Å². The summed E-state index contributed by atoms with van der Waals surface area (Å²) in [7, 11) is 1.70. The summed E-state index contributed by atoms with van der Waals surface area (Å²) in [5.74, 6) is -2.70. The zero-order valence-electron chi connectivity index (χ0n) is 12.8. The first kappa shape index (κ1) is 14.1. The molecule has 120 valence electrons. The van der Waals surface area contributed by atoms with Crippen molar-refractivity contribution in [3.05, 3.63) is 17.0 Å². The third kappa shape index (κ3) is 1.98. The van der Waals surface area contributed by atoms with Crippen LogP contribution in [0.5, 0.6) is 0 Å². The average molecular weight is 310 g/mol. The smallest absolute Gasteiger partial charge is 0.272 e. The molecular formula is C15H20F2N4O. The molecule has 0 saturated heterocycles. The van der Waals surface area contributed by atoms with Crippen molar-refractivity contribution < 1.29 is 13.6 Å². The predicted octanol–water partition coefficient (Wildman–Crippen LogP) is 1.42. The lowest BCUT2D eigenvalue weighted by molar-refractivity contribution is -0.170. The summed E-state index contributed by atoms with van der Waals surface area (Å²) < 4.78 is 28.6. The van der Waals surface area contributed by atoms with Crippen LogP contribution in [0.4, 0.5) is 8.78 Å². The highest BCUT2D eigenvalue weighted by molar-refractivity contribution is 5.94. The van der Waals surface area contributed by atoms with Crippen molar-refractivity contribution in [1.82, 2.24) is 20.0 Å². The van der Waals surface area contributed by atoms with E-state index >= 15 is 0 Å². The molecule has 1 N–H and O–H groups in total. The van der Waals surface area contributed by atoms with Gasteiger partial charge in [-0.25, -0.2) is 8.78 Å². The maximum Gasteiger partial charge on any atom is 0.272 e. The van der Waals surface area contributed by atoms with Crippen LogP contribution in [-0.2, 0) is 19.5 Å². The number of rotatable bonds is 0. The van der Waals surface area contributed by atoms with Crippen LogP contribution in [0.1, 0.15) is 41.5 Å². The number of carbonyl (C=O) groups is 1. The molecule has 22 heavy (non-hydrogen) atoms. The van der Waals surface area contributed by atoms with Crippen LogP contribution in [0.25, 0.3) is 0 Å². The summed E-state index contributed by atoms with van der Waals surface area (Å²) in [6.07, 6.45) is 0.460. The van der Waals surface area contributed by atoms with Gasteiger partial charge in [0.15, 0.2) is 0 Å². The molecule has 2 aliphatic heterocycles. The molecule has 4 rings (SSSR count). The Morgan fingerprint density at radius 3 is 2.73 bits per heavy atom. The number of halogens is 2. The van der Waals surface area contributed by atoms with E-state index in [-0.39, 0.29) is 18.7 Å². The number of aromatic nitrogens is 2. The van der Waals surface area contributed by atoms with E-state index in [0.717, 1.165) is 17.7 Å². The molecule has 1 aliphatic carbocycles. The van der Waals surface area contributed by atoms with Crippen LogP contribution in [0.3, 0.4) is 0 Å². The van der Waals surface area contributed by atoms with E-state index < -0.39 is 11.3 Å². The van der Waals surface area contributed by atoms with Gasteiger partial charge in [0.25, 0.3) is 5.91 Å². The average Bonchev–Trinajstić information content (AvgIpc) is 2.67. The summed E-state index contributed by atoms with van der Waals surface area (Å²) >= 11 is 0. The quantitative estimate of drug-likeness (QED) is 0.788. The number of carbonyl (C=O) groups excluding carboxylic acids is 1. The Kier molecular flexibility index (Phi) is 2.74. The minimum absolute atomic E-state index is 0.0998. The molecule has 0 radical (unpaired) electrons. The number of nitrogens with zero attached hydrogens (tertiary/aromatic N) is 3. The molecular weight excluding hydrogens is 290 g/mol. The zero-order chi connectivity index (χ0) is 15.7. The van der Waals surface area contributed by atoms with Crippen LogP contribution in [-0.4, -0.2) is 46.1 Å². The van der Waals surface area contributed by atoms with Crippen molar-refractivity contribution in [3.63, 3.8) is 0 Å². The SMILES string of the molecule is C[C@@H]1Cc2nn3c(c2CN1)C(=O)N(C)CC1(C3)CC(F)(F)C1. The predicted molar refractivity (Wildman–Crippen MR) is 75.8 cm³/mol. The molecule has 1 atom stereocenters. The number of nitrogens with one attached hydrogen (secondary N) is 1. The summed E-state index contributed by atoms with van der Waals surface area (Å²) in [6.45, 7) is 3.49. The molecule has 0 bridgehead atoms. The van der Waals surface area contributed by atoms with Crippen molar-refractivity contribution in [2.24, 2.45) is 5.41 Å². The summed E-state index contributed by atoms with van der Waals surface area (Å²) in [5.41, 5.74) is 1.93. The second-order valence-corrected chi connectivity index (χ2v) is 7.29. The fraction of sp³-hybridized carbons (Fsp3) is 0.733. The van der Waals surface area contributed by atoms with E-state index in [1.807, 2.05) is 0 Å². The number of hydrogen-bond acceptors (Lipinski definition) is 3. The van der Waals surface area contributed by atoms with Gasteiger partial charge in [-0.2, -0.15) is 5.10 Å². The van der Waals surface area contributed by atoms with Gasteiger partial charge in [0.05, 0.1) is 5.69 Å². The van der Waals surface area contributed by atoms with E-state index in [1.165, 1.54) is 0 Å². The Morgan fingerprint density at radius 2 is 2.05 bits per heavy atom. The van der Waals surface area contributed by atoms with Crippen LogP contribution in [0.15, 0.2) is 0 Å². The van der Waals surface area contributed by atoms with Crippen LogP contribution in [0.2, 0.25) is 0 Å². The van der Waals surface area contributed by atoms with Gasteiger partial charge in [-0.3, -0.25) is 9.48 Å². The van der Waals surface area contributed by atoms with E-state index in [2.05, 4.69) is 17.3 Å². The van der Waals surface area contributed by atoms with E-state index in [0.29, 0.717) is 31.4 Å². The summed E-state index contributed by atoms with van der Waals surface area (Å²) in [5, 5.41) is 7.94. The van der Waals surface area contributed by atoms with Crippen LogP contribution < -0.4 is 5.32 Å². The maximum absolute atomic E-state index is 13.4. The highest BCUT2D eigenvalue weighted by atomic mass is 19.3. The van der Waals surface area contributed by atoms with E-state index in [9.17, 15) is 13.6 Å². The molecule has 1 aromatic heterocycles. The Balaban J connectivity index is 1.76. The minimum atomic E-state index is -2.60. The fourth-order valence-electron chi connectivity index (χ4n) is 4.28. The third-order valence-corrected chi connectivity index (χ3v) is 5.13. The summed E-state index contributed by atoms with van der Waals surface area (Å²) in [6, 6.07) is 0.321. The largest absolute Gasteiger partial charge is 0.340 e. The van der Waals surface area contributed by atoms with Gasteiger partial charge >= 0.3 is 0 Å². The highest BCUT2D eigenvalue weighted by Gasteiger charge is 2.58. The Bertz CT molecular complexity index is 646. The van der Waals surface area contributed by atoms with E-state index in [1.54, 1.807) is 16.6 Å². The van der Waals surface area contributed by atoms with Crippen LogP contribution in [0, 0.1) is 5.41 Å². The standard InChI is InChI=1S/C15H20F2N4O/c1-9-3-11-10(4-18-9)12-13(22)20(2)7-14(8-21(12)19-11)5-15(16,17)6-14/h9,18H,3-8H2,1-2H3/t9-/m1/s1. The molecule has 3 aliphatic rings. The molecule has 3 heterocycles. The first-order valence-corrected chi connectivity index (χ1v) is 7.74. The molecule has 0 unspecified atom stereocenters. The van der Waals surface area contributed by atoms with Gasteiger partial charge in [-0.1, -0.05) is 0 Å². The van der Waals surface area contributed by atoms with Crippen LogP contribution >= 0.6 is 0 Å². The molecule has 1 spiro atoms. The van der Waals surface area contributed by atoms with Gasteiger partial charge < -0.3 is 10.2 Å². The first-order valence-electron chi connectivity index (χ1n) is 7.74. The summed E-state index contributed by atoms with van der Waals surface area (Å²) in [4.78, 5) is 14.3. The van der Waals surface area contributed by atoms with Crippen molar-refractivity contribution in [3.8, 4) is 0 Å². The second-order valence-electron chi connectivity index (χ2n) is 7.29. The van der Waals surface area contributed by atoms with Gasteiger partial charge in [0, 0.05) is 63.0 Å². The third-order valence-electron chi connectivity index (χ3n) is 5.13. The van der Waals surface area contributed by atoms with Crippen molar-refractivity contribution in [2.45, 2.75) is 51.2 Å². The fourth-order valence-corrected chi connectivity index (χ4v) is 4.28. The normalized spacial score (nSPS) is 28.8. The lowest BCUT2D eigenvalue weighted by Gasteiger charge is -2.47. The molecule has 7 heteroatoms. The first-order chi connectivity index (χ1) is 10.3. The topological polar surface area (TPSA) is 50.2 Å². The van der Waals surface area contributed by atoms with Gasteiger partial charge in [-0.15, -0.1) is 0 Å². The highest BCUT2D eigenvalue weighted by Crippen LogP contribution is 2.54. The molecule has 1 amide bonds. The van der Waals surface area contributed by atoms with Crippen molar-refractivity contribution in [1.29, 1.82) is 0 Å². The maximum atomic E-state index is 13.4. The lowest BCUT2D eigenvalue weighted by atomic mass is 9.65. The number of amides is 1. The van der Waals surface area contributed by atoms with Crippen molar-refractivity contribution in [2.75, 3.05) is 13.6 Å². The number of alkyl halides is 2. The van der Waals surface area contributed by atoms with Gasteiger partial charge in [0.2, 0.25) is 5.92 Å². The van der Waals surface area contributed by atoms with Gasteiger partial charge in [0.1, 0.15) is 5.69 Å². The Labute approximate surface area is 127 Å². The Morgan fingerprint density at radius 1 is 1.32 bits per heavy atom. The molecule has 1 saturated carbocycles. The second kappa shape index (κ2) is 4.28. The van der Waals surface area contributed by atoms with E-state index in [4.69, 9.17) is 0 Å². The zero-order valence-corrected chi connectivity index (χ0v) is 12.8. The number of hydrogen-bond donors (Lipinski definition) is 1.